The number of para-hydroxylation sites is 1. The molecule has 0 radical (unpaired) electrons. The number of hydrogen-bond donors (Lipinski definition) is 0. The van der Waals surface area contributed by atoms with Crippen molar-refractivity contribution >= 4 is 34.8 Å². The van der Waals surface area contributed by atoms with Crippen LogP contribution in [0.15, 0.2) is 48.5 Å². The highest BCUT2D eigenvalue weighted by Gasteiger charge is 2.16. The molecule has 0 aliphatic carbocycles. The van der Waals surface area contributed by atoms with Crippen molar-refractivity contribution in [3.05, 3.63) is 64.7 Å². The first-order valence-corrected chi connectivity index (χ1v) is 7.19. The number of halogens is 2. The van der Waals surface area contributed by atoms with Crippen molar-refractivity contribution in [1.82, 2.24) is 0 Å². The molecule has 0 aliphatic heterocycles. The maximum absolute atomic E-state index is 12.1. The molecule has 2 aromatic rings. The highest BCUT2D eigenvalue weighted by atomic mass is 35.5. The molecular formula is C16H15Cl2NO. The van der Waals surface area contributed by atoms with Crippen molar-refractivity contribution in [2.24, 2.45) is 0 Å². The van der Waals surface area contributed by atoms with Gasteiger partial charge in [-0.25, -0.2) is 0 Å². The Labute approximate surface area is 128 Å². The molecule has 0 aromatic heterocycles. The third-order valence-corrected chi connectivity index (χ3v) is 3.56. The minimum Gasteiger partial charge on any atom is -0.307 e. The lowest BCUT2D eigenvalue weighted by Gasteiger charge is -2.24. The molecule has 0 heterocycles. The van der Waals surface area contributed by atoms with Crippen LogP contribution in [0.2, 0.25) is 5.02 Å². The molecule has 0 spiro atoms. The first-order chi connectivity index (χ1) is 9.61. The highest BCUT2D eigenvalue weighted by Crippen LogP contribution is 2.22. The largest absolute Gasteiger partial charge is 0.307 e. The van der Waals surface area contributed by atoms with E-state index in [1.54, 1.807) is 4.90 Å². The van der Waals surface area contributed by atoms with Gasteiger partial charge in [0.05, 0.1) is 6.54 Å². The monoisotopic (exact) mass is 307 g/mol. The van der Waals surface area contributed by atoms with Gasteiger partial charge in [-0.1, -0.05) is 41.9 Å². The summed E-state index contributed by atoms with van der Waals surface area (Å²) in [4.78, 5) is 13.8. The average molecular weight is 308 g/mol. The van der Waals surface area contributed by atoms with Crippen LogP contribution in [-0.4, -0.2) is 11.8 Å². The van der Waals surface area contributed by atoms with Crippen LogP contribution in [0, 0.1) is 6.92 Å². The topological polar surface area (TPSA) is 20.3 Å². The zero-order chi connectivity index (χ0) is 14.5. The minimum absolute atomic E-state index is 0.0398. The van der Waals surface area contributed by atoms with E-state index in [2.05, 4.69) is 0 Å². The van der Waals surface area contributed by atoms with Crippen LogP contribution in [0.3, 0.4) is 0 Å². The third kappa shape index (κ3) is 3.53. The molecule has 2 nitrogen and oxygen atoms in total. The molecule has 1 amide bonds. The van der Waals surface area contributed by atoms with Gasteiger partial charge in [0.15, 0.2) is 0 Å². The summed E-state index contributed by atoms with van der Waals surface area (Å²) in [7, 11) is 0. The second-order valence-electron chi connectivity index (χ2n) is 4.53. The summed E-state index contributed by atoms with van der Waals surface area (Å²) in [5, 5.41) is 0.680. The fourth-order valence-electron chi connectivity index (χ4n) is 2.02. The number of rotatable bonds is 4. The second-order valence-corrected chi connectivity index (χ2v) is 5.23. The minimum atomic E-state index is -0.115. The average Bonchev–Trinajstić information content (AvgIpc) is 2.47. The molecule has 0 aliphatic rings. The summed E-state index contributed by atoms with van der Waals surface area (Å²) in [5.74, 6) is -0.155. The van der Waals surface area contributed by atoms with Crippen LogP contribution in [0.5, 0.6) is 0 Å². The maximum Gasteiger partial charge on any atom is 0.242 e. The molecular weight excluding hydrogens is 293 g/mol. The Morgan fingerprint density at radius 1 is 1.10 bits per heavy atom. The van der Waals surface area contributed by atoms with Gasteiger partial charge in [0, 0.05) is 10.7 Å². The van der Waals surface area contributed by atoms with E-state index >= 15 is 0 Å². The molecule has 0 saturated heterocycles. The first kappa shape index (κ1) is 14.9. The number of benzene rings is 2. The highest BCUT2D eigenvalue weighted by molar-refractivity contribution is 6.30. The SMILES string of the molecule is Cc1ccccc1N(Cc1ccc(Cl)cc1)C(=O)CCl. The van der Waals surface area contributed by atoms with E-state index in [9.17, 15) is 4.79 Å². The Morgan fingerprint density at radius 3 is 2.35 bits per heavy atom. The summed E-state index contributed by atoms with van der Waals surface area (Å²) < 4.78 is 0. The predicted octanol–water partition coefficient (Wildman–Crippen LogP) is 4.42. The number of alkyl halides is 1. The van der Waals surface area contributed by atoms with Gasteiger partial charge in [-0.15, -0.1) is 11.6 Å². The van der Waals surface area contributed by atoms with Crippen LogP contribution < -0.4 is 4.90 Å². The predicted molar refractivity (Wildman–Crippen MR) is 84.5 cm³/mol. The van der Waals surface area contributed by atoms with E-state index < -0.39 is 0 Å². The van der Waals surface area contributed by atoms with Gasteiger partial charge in [-0.05, 0) is 36.2 Å². The van der Waals surface area contributed by atoms with Crippen molar-refractivity contribution in [2.45, 2.75) is 13.5 Å². The normalized spacial score (nSPS) is 10.3. The Bertz CT molecular complexity index is 596. The molecule has 2 rings (SSSR count). The van der Waals surface area contributed by atoms with E-state index in [0.717, 1.165) is 16.8 Å². The zero-order valence-electron chi connectivity index (χ0n) is 11.1. The number of nitrogens with zero attached hydrogens (tertiary/aromatic N) is 1. The molecule has 20 heavy (non-hydrogen) atoms. The quantitative estimate of drug-likeness (QED) is 0.766. The number of carbonyl (C=O) groups is 1. The number of carbonyl (C=O) groups excluding carboxylic acids is 1. The fraction of sp³-hybridized carbons (Fsp3) is 0.188. The van der Waals surface area contributed by atoms with Gasteiger partial charge in [0.2, 0.25) is 5.91 Å². The number of amides is 1. The van der Waals surface area contributed by atoms with Gasteiger partial charge in [0.25, 0.3) is 0 Å². The van der Waals surface area contributed by atoms with Crippen LogP contribution in [0.4, 0.5) is 5.69 Å². The van der Waals surface area contributed by atoms with Gasteiger partial charge < -0.3 is 4.90 Å². The molecule has 0 N–H and O–H groups in total. The Kier molecular flexibility index (Phi) is 5.05. The smallest absolute Gasteiger partial charge is 0.242 e. The van der Waals surface area contributed by atoms with Crippen molar-refractivity contribution in [3.63, 3.8) is 0 Å². The Morgan fingerprint density at radius 2 is 1.75 bits per heavy atom. The molecule has 104 valence electrons. The summed E-state index contributed by atoms with van der Waals surface area (Å²) in [6.45, 7) is 2.46. The van der Waals surface area contributed by atoms with E-state index in [1.807, 2.05) is 55.5 Å². The van der Waals surface area contributed by atoms with Gasteiger partial charge in [-0.3, -0.25) is 4.79 Å². The lowest BCUT2D eigenvalue weighted by molar-refractivity contribution is -0.116. The standard InChI is InChI=1S/C16H15Cl2NO/c1-12-4-2-3-5-15(12)19(16(20)10-17)11-13-6-8-14(18)9-7-13/h2-9H,10-11H2,1H3. The van der Waals surface area contributed by atoms with E-state index in [4.69, 9.17) is 23.2 Å². The summed E-state index contributed by atoms with van der Waals surface area (Å²) in [6.07, 6.45) is 0. The van der Waals surface area contributed by atoms with Crippen LogP contribution in [-0.2, 0) is 11.3 Å². The molecule has 2 aromatic carbocycles. The Hall–Kier alpha value is -1.51. The number of hydrogen-bond acceptors (Lipinski definition) is 1. The second kappa shape index (κ2) is 6.78. The van der Waals surface area contributed by atoms with Crippen molar-refractivity contribution < 1.29 is 4.79 Å². The zero-order valence-corrected chi connectivity index (χ0v) is 12.7. The molecule has 4 heteroatoms. The van der Waals surface area contributed by atoms with Crippen molar-refractivity contribution in [2.75, 3.05) is 10.8 Å². The van der Waals surface area contributed by atoms with Gasteiger partial charge in [0.1, 0.15) is 5.88 Å². The third-order valence-electron chi connectivity index (χ3n) is 3.08. The fourth-order valence-corrected chi connectivity index (χ4v) is 2.29. The van der Waals surface area contributed by atoms with Crippen molar-refractivity contribution in [3.8, 4) is 0 Å². The summed E-state index contributed by atoms with van der Waals surface area (Å²) >= 11 is 11.6. The molecule has 0 fully saturated rings. The maximum atomic E-state index is 12.1. The van der Waals surface area contributed by atoms with Crippen molar-refractivity contribution in [1.29, 1.82) is 0 Å². The van der Waals surface area contributed by atoms with E-state index in [1.165, 1.54) is 0 Å². The first-order valence-electron chi connectivity index (χ1n) is 6.28. The molecule has 0 atom stereocenters. The molecule has 0 bridgehead atoms. The molecule has 0 saturated carbocycles. The van der Waals surface area contributed by atoms with Crippen LogP contribution in [0.1, 0.15) is 11.1 Å². The van der Waals surface area contributed by atoms with E-state index in [-0.39, 0.29) is 11.8 Å². The molecule has 0 unspecified atom stereocenters. The number of anilines is 1. The number of aryl methyl sites for hydroxylation is 1. The van der Waals surface area contributed by atoms with Crippen LogP contribution in [0.25, 0.3) is 0 Å². The van der Waals surface area contributed by atoms with E-state index in [0.29, 0.717) is 11.6 Å². The Balaban J connectivity index is 2.31. The lowest BCUT2D eigenvalue weighted by atomic mass is 10.1. The summed E-state index contributed by atoms with van der Waals surface area (Å²) in [5.41, 5.74) is 2.93. The van der Waals surface area contributed by atoms with Crippen LogP contribution >= 0.6 is 23.2 Å². The van der Waals surface area contributed by atoms with Gasteiger partial charge in [-0.2, -0.15) is 0 Å². The summed E-state index contributed by atoms with van der Waals surface area (Å²) in [6, 6.07) is 15.2. The van der Waals surface area contributed by atoms with Gasteiger partial charge >= 0.3 is 0 Å². The lowest BCUT2D eigenvalue weighted by Crippen LogP contribution is -2.31.